The molecule has 1 aliphatic carbocycles. The Balaban J connectivity index is 2.38. The largest absolute Gasteiger partial charge is 0.319 e. The van der Waals surface area contributed by atoms with Gasteiger partial charge < -0.3 is 5.32 Å². The molecule has 0 amide bonds. The van der Waals surface area contributed by atoms with E-state index in [1.807, 2.05) is 0 Å². The molecule has 0 heterocycles. The van der Waals surface area contributed by atoms with Gasteiger partial charge in [-0.15, -0.1) is 0 Å². The summed E-state index contributed by atoms with van der Waals surface area (Å²) in [5.41, 5.74) is 0. The average molecular weight is 155 g/mol. The van der Waals surface area contributed by atoms with Crippen LogP contribution in [0, 0.1) is 17.8 Å². The zero-order chi connectivity index (χ0) is 8.27. The van der Waals surface area contributed by atoms with Crippen molar-refractivity contribution >= 4 is 0 Å². The van der Waals surface area contributed by atoms with E-state index in [2.05, 4.69) is 26.2 Å². The van der Waals surface area contributed by atoms with Gasteiger partial charge in [-0.3, -0.25) is 0 Å². The second-order valence-electron chi connectivity index (χ2n) is 4.09. The number of hydrogen-bond acceptors (Lipinski definition) is 1. The van der Waals surface area contributed by atoms with Crippen molar-refractivity contribution in [2.24, 2.45) is 17.8 Å². The van der Waals surface area contributed by atoms with Gasteiger partial charge in [0, 0.05) is 0 Å². The molecule has 0 aromatic heterocycles. The van der Waals surface area contributed by atoms with Gasteiger partial charge in [0.05, 0.1) is 0 Å². The van der Waals surface area contributed by atoms with Crippen molar-refractivity contribution in [1.82, 2.24) is 5.32 Å². The van der Waals surface area contributed by atoms with E-state index in [0.29, 0.717) is 0 Å². The van der Waals surface area contributed by atoms with E-state index in [9.17, 15) is 0 Å². The molecule has 0 saturated heterocycles. The van der Waals surface area contributed by atoms with Crippen LogP contribution in [0.5, 0.6) is 0 Å². The highest BCUT2D eigenvalue weighted by Crippen LogP contribution is 2.33. The van der Waals surface area contributed by atoms with Crippen molar-refractivity contribution in [2.75, 3.05) is 13.6 Å². The lowest BCUT2D eigenvalue weighted by Gasteiger charge is -2.33. The molecule has 1 heteroatoms. The summed E-state index contributed by atoms with van der Waals surface area (Å²) < 4.78 is 0. The Labute approximate surface area is 70.6 Å². The minimum atomic E-state index is 0.927. The van der Waals surface area contributed by atoms with Crippen LogP contribution in [-0.2, 0) is 0 Å². The Morgan fingerprint density at radius 1 is 1.27 bits per heavy atom. The molecule has 0 aromatic carbocycles. The predicted octanol–water partition coefficient (Wildman–Crippen LogP) is 2.28. The quantitative estimate of drug-likeness (QED) is 0.645. The first-order valence-corrected chi connectivity index (χ1v) is 4.90. The van der Waals surface area contributed by atoms with Crippen molar-refractivity contribution < 1.29 is 0 Å². The van der Waals surface area contributed by atoms with Gasteiger partial charge in [0.15, 0.2) is 0 Å². The lowest BCUT2D eigenvalue weighted by atomic mass is 9.74. The third-order valence-electron chi connectivity index (χ3n) is 3.34. The predicted molar refractivity (Wildman–Crippen MR) is 49.6 cm³/mol. The van der Waals surface area contributed by atoms with Crippen LogP contribution in [0.2, 0.25) is 0 Å². The molecule has 0 aromatic rings. The van der Waals surface area contributed by atoms with E-state index in [1.54, 1.807) is 0 Å². The first kappa shape index (κ1) is 9.05. The lowest BCUT2D eigenvalue weighted by molar-refractivity contribution is 0.181. The third kappa shape index (κ3) is 2.19. The van der Waals surface area contributed by atoms with Crippen LogP contribution in [0.15, 0.2) is 0 Å². The fourth-order valence-electron chi connectivity index (χ4n) is 2.24. The van der Waals surface area contributed by atoms with Gasteiger partial charge in [-0.05, 0) is 37.8 Å². The molecule has 3 atom stereocenters. The minimum absolute atomic E-state index is 0.927. The monoisotopic (exact) mass is 155 g/mol. The molecule has 0 radical (unpaired) electrons. The maximum absolute atomic E-state index is 3.29. The van der Waals surface area contributed by atoms with Crippen LogP contribution in [0.4, 0.5) is 0 Å². The molecule has 0 spiro atoms. The van der Waals surface area contributed by atoms with Crippen LogP contribution in [0.3, 0.4) is 0 Å². The molecule has 1 fully saturated rings. The molecule has 1 saturated carbocycles. The maximum Gasteiger partial charge on any atom is -0.00209 e. The lowest BCUT2D eigenvalue weighted by Crippen LogP contribution is -2.31. The Kier molecular flexibility index (Phi) is 3.38. The summed E-state index contributed by atoms with van der Waals surface area (Å²) in [6, 6.07) is 0. The first-order chi connectivity index (χ1) is 5.25. The number of rotatable bonds is 2. The zero-order valence-electron chi connectivity index (χ0n) is 8.06. The van der Waals surface area contributed by atoms with Crippen molar-refractivity contribution in [3.05, 3.63) is 0 Å². The highest BCUT2D eigenvalue weighted by atomic mass is 14.8. The molecule has 0 aliphatic heterocycles. The fraction of sp³-hybridized carbons (Fsp3) is 1.00. The van der Waals surface area contributed by atoms with Gasteiger partial charge in [0.2, 0.25) is 0 Å². The molecule has 1 N–H and O–H groups in total. The molecule has 0 bridgehead atoms. The normalized spacial score (nSPS) is 39.0. The van der Waals surface area contributed by atoms with Crippen molar-refractivity contribution in [3.8, 4) is 0 Å². The van der Waals surface area contributed by atoms with Crippen molar-refractivity contribution in [2.45, 2.75) is 33.1 Å². The molecule has 1 nitrogen and oxygen atoms in total. The summed E-state index contributed by atoms with van der Waals surface area (Å²) in [4.78, 5) is 0. The highest BCUT2D eigenvalue weighted by Gasteiger charge is 2.25. The Bertz CT molecular complexity index is 109. The Morgan fingerprint density at radius 2 is 2.00 bits per heavy atom. The second kappa shape index (κ2) is 4.10. The Morgan fingerprint density at radius 3 is 2.64 bits per heavy atom. The minimum Gasteiger partial charge on any atom is -0.319 e. The van der Waals surface area contributed by atoms with E-state index in [4.69, 9.17) is 0 Å². The summed E-state index contributed by atoms with van der Waals surface area (Å²) in [5.74, 6) is 2.81. The van der Waals surface area contributed by atoms with Crippen LogP contribution >= 0.6 is 0 Å². The van der Waals surface area contributed by atoms with Crippen LogP contribution in [0.1, 0.15) is 33.1 Å². The van der Waals surface area contributed by atoms with Crippen molar-refractivity contribution in [1.29, 1.82) is 0 Å². The molecule has 66 valence electrons. The smallest absolute Gasteiger partial charge is 0.00209 e. The number of nitrogens with one attached hydrogen (secondary N) is 1. The van der Waals surface area contributed by atoms with Crippen molar-refractivity contribution in [3.63, 3.8) is 0 Å². The summed E-state index contributed by atoms with van der Waals surface area (Å²) in [7, 11) is 2.06. The van der Waals surface area contributed by atoms with Crippen LogP contribution in [-0.4, -0.2) is 13.6 Å². The zero-order valence-corrected chi connectivity index (χ0v) is 8.06. The molecule has 1 aliphatic rings. The molecular formula is C10H21N. The van der Waals surface area contributed by atoms with E-state index in [0.717, 1.165) is 17.8 Å². The standard InChI is InChI=1S/C10H21N/c1-8-5-4-6-10(7-11-3)9(8)2/h8-11H,4-7H2,1-3H3. The summed E-state index contributed by atoms with van der Waals surface area (Å²) in [6.07, 6.45) is 4.32. The Hall–Kier alpha value is -0.0400. The number of hydrogen-bond donors (Lipinski definition) is 1. The summed E-state index contributed by atoms with van der Waals surface area (Å²) in [5, 5.41) is 3.29. The highest BCUT2D eigenvalue weighted by molar-refractivity contribution is 4.77. The van der Waals surface area contributed by atoms with E-state index >= 15 is 0 Å². The van der Waals surface area contributed by atoms with Gasteiger partial charge in [-0.1, -0.05) is 26.7 Å². The molecule has 11 heavy (non-hydrogen) atoms. The molecule has 3 unspecified atom stereocenters. The van der Waals surface area contributed by atoms with Gasteiger partial charge >= 0.3 is 0 Å². The SMILES string of the molecule is CNCC1CCCC(C)C1C. The summed E-state index contributed by atoms with van der Waals surface area (Å²) >= 11 is 0. The first-order valence-electron chi connectivity index (χ1n) is 4.90. The third-order valence-corrected chi connectivity index (χ3v) is 3.34. The molecule has 1 rings (SSSR count). The second-order valence-corrected chi connectivity index (χ2v) is 4.09. The fourth-order valence-corrected chi connectivity index (χ4v) is 2.24. The summed E-state index contributed by atoms with van der Waals surface area (Å²) in [6.45, 7) is 6.02. The average Bonchev–Trinajstić information content (AvgIpc) is 1.99. The van der Waals surface area contributed by atoms with Gasteiger partial charge in [0.25, 0.3) is 0 Å². The van der Waals surface area contributed by atoms with Gasteiger partial charge in [0.1, 0.15) is 0 Å². The van der Waals surface area contributed by atoms with Crippen LogP contribution < -0.4 is 5.32 Å². The van der Waals surface area contributed by atoms with E-state index in [1.165, 1.54) is 25.8 Å². The molecular weight excluding hydrogens is 134 g/mol. The maximum atomic E-state index is 3.29. The van der Waals surface area contributed by atoms with E-state index < -0.39 is 0 Å². The van der Waals surface area contributed by atoms with Gasteiger partial charge in [-0.2, -0.15) is 0 Å². The topological polar surface area (TPSA) is 12.0 Å². The van der Waals surface area contributed by atoms with Gasteiger partial charge in [-0.25, -0.2) is 0 Å². The van der Waals surface area contributed by atoms with Crippen LogP contribution in [0.25, 0.3) is 0 Å². The van der Waals surface area contributed by atoms with E-state index in [-0.39, 0.29) is 0 Å².